The molecule has 31 heavy (non-hydrogen) atoms. The lowest BCUT2D eigenvalue weighted by Crippen LogP contribution is -2.07. The predicted octanol–water partition coefficient (Wildman–Crippen LogP) is 5.90. The van der Waals surface area contributed by atoms with Crippen LogP contribution in [0.4, 0.5) is 0 Å². The molecule has 0 amide bonds. The molecule has 2 heterocycles. The molecular formula is C27H19N3O. The van der Waals surface area contributed by atoms with Crippen molar-refractivity contribution in [2.75, 3.05) is 0 Å². The second-order valence-corrected chi connectivity index (χ2v) is 7.38. The zero-order valence-corrected chi connectivity index (χ0v) is 17.0. The van der Waals surface area contributed by atoms with E-state index < -0.39 is 0 Å². The lowest BCUT2D eigenvalue weighted by molar-refractivity contribution is 0.103. The monoisotopic (exact) mass is 401 g/mol. The Morgan fingerprint density at radius 1 is 0.677 bits per heavy atom. The number of rotatable bonds is 4. The van der Waals surface area contributed by atoms with Crippen LogP contribution in [0.25, 0.3) is 33.5 Å². The average molecular weight is 401 g/mol. The molecular weight excluding hydrogens is 382 g/mol. The second-order valence-electron chi connectivity index (χ2n) is 7.38. The number of carbonyl (C=O) groups excluding carboxylic acids is 1. The summed E-state index contributed by atoms with van der Waals surface area (Å²) in [7, 11) is 0. The number of nitrogens with zero attached hydrogens (tertiary/aromatic N) is 3. The van der Waals surface area contributed by atoms with E-state index in [1.807, 2.05) is 91.9 Å². The number of fused-ring (bicyclic) bond motifs is 1. The number of pyridine rings is 1. The maximum Gasteiger partial charge on any atom is 0.213 e. The molecule has 3 aromatic carbocycles. The molecule has 5 aromatic rings. The Morgan fingerprint density at radius 2 is 1.26 bits per heavy atom. The van der Waals surface area contributed by atoms with Gasteiger partial charge >= 0.3 is 0 Å². The summed E-state index contributed by atoms with van der Waals surface area (Å²) >= 11 is 0. The molecule has 0 bridgehead atoms. The minimum absolute atomic E-state index is 0.161. The molecule has 0 spiro atoms. The van der Waals surface area contributed by atoms with E-state index in [9.17, 15) is 4.79 Å². The van der Waals surface area contributed by atoms with Crippen molar-refractivity contribution in [1.82, 2.24) is 15.0 Å². The Hall–Kier alpha value is -4.18. The van der Waals surface area contributed by atoms with Crippen LogP contribution in [0.15, 0.2) is 97.2 Å². The van der Waals surface area contributed by atoms with Crippen LogP contribution in [0.5, 0.6) is 0 Å². The molecule has 4 heteroatoms. The number of hydrogen-bond acceptors (Lipinski definition) is 4. The largest absolute Gasteiger partial charge is 0.287 e. The molecule has 0 atom stereocenters. The molecule has 0 N–H and O–H groups in total. The molecule has 0 saturated carbocycles. The number of hydrogen-bond donors (Lipinski definition) is 0. The predicted molar refractivity (Wildman–Crippen MR) is 123 cm³/mol. The Kier molecular flexibility index (Phi) is 4.81. The van der Waals surface area contributed by atoms with Crippen LogP contribution in [0, 0.1) is 6.92 Å². The van der Waals surface area contributed by atoms with Crippen LogP contribution >= 0.6 is 0 Å². The van der Waals surface area contributed by atoms with Crippen molar-refractivity contribution in [2.24, 2.45) is 0 Å². The molecule has 148 valence electrons. The van der Waals surface area contributed by atoms with Gasteiger partial charge in [-0.3, -0.25) is 9.78 Å². The number of aromatic nitrogens is 3. The lowest BCUT2D eigenvalue weighted by atomic mass is 10.0. The van der Waals surface area contributed by atoms with Crippen molar-refractivity contribution in [2.45, 2.75) is 6.92 Å². The fraction of sp³-hybridized carbons (Fsp3) is 0.0370. The third-order valence-electron chi connectivity index (χ3n) is 5.21. The number of carbonyl (C=O) groups is 1. The molecule has 0 unspecified atom stereocenters. The molecule has 2 aromatic heterocycles. The topological polar surface area (TPSA) is 55.7 Å². The van der Waals surface area contributed by atoms with E-state index in [-0.39, 0.29) is 5.78 Å². The standard InChI is InChI=1S/C27H19N3O/c1-18-12-14-21(15-13-18)27(31)26-25-22(16-17-28-26)29-23(19-8-4-2-5-9-19)24(30-25)20-10-6-3-7-11-20/h2-17H,1H3. The SMILES string of the molecule is Cc1ccc(C(=O)c2nccc3nc(-c4ccccc4)c(-c4ccccc4)nc23)cc1. The first-order valence-electron chi connectivity index (χ1n) is 10.1. The van der Waals surface area contributed by atoms with Crippen LogP contribution in [0.2, 0.25) is 0 Å². The van der Waals surface area contributed by atoms with Gasteiger partial charge in [-0.25, -0.2) is 9.97 Å². The Bertz CT molecular complexity index is 1380. The Balaban J connectivity index is 1.76. The van der Waals surface area contributed by atoms with Crippen molar-refractivity contribution >= 4 is 16.8 Å². The molecule has 0 radical (unpaired) electrons. The molecule has 4 nitrogen and oxygen atoms in total. The van der Waals surface area contributed by atoms with E-state index in [0.29, 0.717) is 22.3 Å². The van der Waals surface area contributed by atoms with Gasteiger partial charge in [0.2, 0.25) is 5.78 Å². The van der Waals surface area contributed by atoms with Crippen molar-refractivity contribution < 1.29 is 4.79 Å². The normalized spacial score (nSPS) is 10.9. The van der Waals surface area contributed by atoms with Gasteiger partial charge in [0.1, 0.15) is 11.2 Å². The summed E-state index contributed by atoms with van der Waals surface area (Å²) in [5, 5.41) is 0. The van der Waals surface area contributed by atoms with Crippen molar-refractivity contribution in [3.8, 4) is 22.5 Å². The first-order valence-corrected chi connectivity index (χ1v) is 10.1. The fourth-order valence-corrected chi connectivity index (χ4v) is 3.58. The summed E-state index contributed by atoms with van der Waals surface area (Å²) in [5.74, 6) is -0.161. The van der Waals surface area contributed by atoms with Crippen LogP contribution in [0.3, 0.4) is 0 Å². The van der Waals surface area contributed by atoms with Crippen LogP contribution in [-0.4, -0.2) is 20.7 Å². The highest BCUT2D eigenvalue weighted by Crippen LogP contribution is 2.31. The van der Waals surface area contributed by atoms with Crippen LogP contribution in [0.1, 0.15) is 21.6 Å². The lowest BCUT2D eigenvalue weighted by Gasteiger charge is -2.12. The van der Waals surface area contributed by atoms with Gasteiger partial charge in [0.05, 0.1) is 16.9 Å². The van der Waals surface area contributed by atoms with Gasteiger partial charge in [0.25, 0.3) is 0 Å². The van der Waals surface area contributed by atoms with Gasteiger partial charge in [-0.2, -0.15) is 0 Å². The van der Waals surface area contributed by atoms with Crippen molar-refractivity contribution in [3.63, 3.8) is 0 Å². The highest BCUT2D eigenvalue weighted by molar-refractivity contribution is 6.14. The summed E-state index contributed by atoms with van der Waals surface area (Å²) in [6.07, 6.45) is 1.62. The average Bonchev–Trinajstić information content (AvgIpc) is 2.84. The van der Waals surface area contributed by atoms with E-state index in [2.05, 4.69) is 4.98 Å². The zero-order chi connectivity index (χ0) is 21.2. The van der Waals surface area contributed by atoms with Crippen LogP contribution in [-0.2, 0) is 0 Å². The maximum absolute atomic E-state index is 13.2. The quantitative estimate of drug-likeness (QED) is 0.352. The fourth-order valence-electron chi connectivity index (χ4n) is 3.58. The molecule has 5 rings (SSSR count). The first kappa shape index (κ1) is 18.8. The first-order chi connectivity index (χ1) is 15.2. The summed E-state index contributed by atoms with van der Waals surface area (Å²) in [5.41, 5.74) is 6.56. The Labute approximate surface area is 180 Å². The zero-order valence-electron chi connectivity index (χ0n) is 17.0. The number of ketones is 1. The van der Waals surface area contributed by atoms with Gasteiger partial charge in [0, 0.05) is 22.9 Å². The molecule has 0 aliphatic rings. The van der Waals surface area contributed by atoms with Gasteiger partial charge in [-0.1, -0.05) is 90.5 Å². The third-order valence-corrected chi connectivity index (χ3v) is 5.21. The maximum atomic E-state index is 13.2. The van der Waals surface area contributed by atoms with Crippen LogP contribution < -0.4 is 0 Å². The van der Waals surface area contributed by atoms with Gasteiger partial charge in [0.15, 0.2) is 0 Å². The highest BCUT2D eigenvalue weighted by Gasteiger charge is 2.19. The Morgan fingerprint density at radius 3 is 1.87 bits per heavy atom. The summed E-state index contributed by atoms with van der Waals surface area (Å²) in [4.78, 5) is 27.5. The van der Waals surface area contributed by atoms with Crippen molar-refractivity contribution in [3.05, 3.63) is 114 Å². The van der Waals surface area contributed by atoms with E-state index in [0.717, 1.165) is 28.1 Å². The number of benzene rings is 3. The molecule has 0 aliphatic carbocycles. The molecule has 0 aliphatic heterocycles. The third kappa shape index (κ3) is 3.60. The molecule has 0 fully saturated rings. The van der Waals surface area contributed by atoms with E-state index in [1.165, 1.54) is 0 Å². The minimum Gasteiger partial charge on any atom is -0.287 e. The van der Waals surface area contributed by atoms with E-state index in [1.54, 1.807) is 12.3 Å². The molecule has 0 saturated heterocycles. The smallest absolute Gasteiger partial charge is 0.213 e. The van der Waals surface area contributed by atoms with Gasteiger partial charge in [-0.15, -0.1) is 0 Å². The second kappa shape index (κ2) is 7.92. The highest BCUT2D eigenvalue weighted by atomic mass is 16.1. The summed E-state index contributed by atoms with van der Waals surface area (Å²) in [6, 6.07) is 29.2. The van der Waals surface area contributed by atoms with E-state index in [4.69, 9.17) is 9.97 Å². The van der Waals surface area contributed by atoms with Gasteiger partial charge < -0.3 is 0 Å². The minimum atomic E-state index is -0.161. The number of aryl methyl sites for hydroxylation is 1. The van der Waals surface area contributed by atoms with Crippen molar-refractivity contribution in [1.29, 1.82) is 0 Å². The summed E-state index contributed by atoms with van der Waals surface area (Å²) in [6.45, 7) is 1.99. The summed E-state index contributed by atoms with van der Waals surface area (Å²) < 4.78 is 0. The van der Waals surface area contributed by atoms with Gasteiger partial charge in [-0.05, 0) is 13.0 Å². The van der Waals surface area contributed by atoms with E-state index >= 15 is 0 Å².